The van der Waals surface area contributed by atoms with Crippen LogP contribution in [0.4, 0.5) is 5.69 Å². The number of hydrogen-bond donors (Lipinski definition) is 3. The fourth-order valence-electron chi connectivity index (χ4n) is 3.04. The molecule has 2 aromatic rings. The van der Waals surface area contributed by atoms with E-state index in [4.69, 9.17) is 10.9 Å². The van der Waals surface area contributed by atoms with Crippen molar-refractivity contribution in [3.63, 3.8) is 0 Å². The smallest absolute Gasteiger partial charge is 0.238 e. The van der Waals surface area contributed by atoms with Gasteiger partial charge in [0.05, 0.1) is 11.4 Å². The van der Waals surface area contributed by atoms with E-state index in [1.165, 1.54) is 36.1 Å². The van der Waals surface area contributed by atoms with Crippen molar-refractivity contribution >= 4 is 21.7 Å². The van der Waals surface area contributed by atoms with Crippen molar-refractivity contribution < 1.29 is 8.42 Å². The van der Waals surface area contributed by atoms with Crippen LogP contribution in [0, 0.1) is 0 Å². The molecular weight excluding hydrogens is 336 g/mol. The first kappa shape index (κ1) is 17.4. The average molecular weight is 358 g/mol. The van der Waals surface area contributed by atoms with E-state index in [-0.39, 0.29) is 4.90 Å². The molecule has 6 nitrogen and oxygen atoms in total. The number of fused-ring (bicyclic) bond motifs is 1. The Hall–Kier alpha value is -2.38. The molecule has 2 aromatic carbocycles. The Morgan fingerprint density at radius 2 is 1.80 bits per heavy atom. The number of hydrogen-bond acceptors (Lipinski definition) is 3. The van der Waals surface area contributed by atoms with Crippen LogP contribution in [0.1, 0.15) is 29.5 Å². The molecule has 0 atom stereocenters. The number of anilines is 1. The van der Waals surface area contributed by atoms with Crippen molar-refractivity contribution in [2.24, 2.45) is 15.9 Å². The minimum absolute atomic E-state index is 0.0854. The number of benzene rings is 2. The molecule has 0 saturated heterocycles. The summed E-state index contributed by atoms with van der Waals surface area (Å²) >= 11 is 0. The first-order valence-electron chi connectivity index (χ1n) is 8.23. The van der Waals surface area contributed by atoms with E-state index in [0.29, 0.717) is 12.5 Å². The molecule has 0 saturated carbocycles. The third kappa shape index (κ3) is 4.37. The number of aliphatic imine (C=N–C) groups is 1. The predicted octanol–water partition coefficient (Wildman–Crippen LogP) is 2.14. The largest absolute Gasteiger partial charge is 0.370 e. The Labute approximate surface area is 148 Å². The predicted molar refractivity (Wildman–Crippen MR) is 99.8 cm³/mol. The molecule has 0 heterocycles. The zero-order valence-electron chi connectivity index (χ0n) is 13.9. The summed E-state index contributed by atoms with van der Waals surface area (Å²) in [5.41, 5.74) is 10.6. The molecule has 0 bridgehead atoms. The van der Waals surface area contributed by atoms with Gasteiger partial charge in [-0.2, -0.15) is 0 Å². The number of sulfonamides is 1. The van der Waals surface area contributed by atoms with Crippen LogP contribution in [-0.4, -0.2) is 14.4 Å². The van der Waals surface area contributed by atoms with Gasteiger partial charge in [-0.1, -0.05) is 24.3 Å². The van der Waals surface area contributed by atoms with Crippen LogP contribution >= 0.6 is 0 Å². The summed E-state index contributed by atoms with van der Waals surface area (Å²) in [7, 11) is -3.67. The highest BCUT2D eigenvalue weighted by Gasteiger charge is 2.13. The third-order valence-corrected chi connectivity index (χ3v) is 5.27. The second-order valence-electron chi connectivity index (χ2n) is 6.17. The lowest BCUT2D eigenvalue weighted by molar-refractivity contribution is 0.598. The van der Waals surface area contributed by atoms with Crippen molar-refractivity contribution in [3.8, 4) is 0 Å². The van der Waals surface area contributed by atoms with Crippen LogP contribution < -0.4 is 16.2 Å². The number of primary sulfonamides is 1. The molecular formula is C18H22N4O2S. The minimum atomic E-state index is -3.67. The minimum Gasteiger partial charge on any atom is -0.370 e. The maximum atomic E-state index is 11.3. The van der Waals surface area contributed by atoms with Crippen LogP contribution in [0.25, 0.3) is 0 Å². The molecule has 0 radical (unpaired) electrons. The summed E-state index contributed by atoms with van der Waals surface area (Å²) in [4.78, 5) is 4.42. The zero-order chi connectivity index (χ0) is 17.9. The lowest BCUT2D eigenvalue weighted by atomic mass is 9.90. The Kier molecular flexibility index (Phi) is 5.06. The average Bonchev–Trinajstić information content (AvgIpc) is 2.60. The summed E-state index contributed by atoms with van der Waals surface area (Å²) in [6.45, 7) is 0.360. The van der Waals surface area contributed by atoms with Gasteiger partial charge in [0.1, 0.15) is 0 Å². The van der Waals surface area contributed by atoms with Crippen molar-refractivity contribution in [2.75, 3.05) is 5.32 Å². The van der Waals surface area contributed by atoms with Gasteiger partial charge >= 0.3 is 0 Å². The number of aryl methyl sites for hydroxylation is 1. The maximum absolute atomic E-state index is 11.3. The van der Waals surface area contributed by atoms with Crippen LogP contribution in [-0.2, 0) is 29.4 Å². The number of nitrogens with one attached hydrogen (secondary N) is 1. The number of rotatable bonds is 4. The summed E-state index contributed by atoms with van der Waals surface area (Å²) in [6.07, 6.45) is 4.59. The zero-order valence-corrected chi connectivity index (χ0v) is 14.7. The second kappa shape index (κ2) is 7.25. The van der Waals surface area contributed by atoms with E-state index in [2.05, 4.69) is 16.4 Å². The quantitative estimate of drug-likeness (QED) is 0.574. The third-order valence-electron chi connectivity index (χ3n) is 4.34. The SMILES string of the molecule is NC(=NCc1ccc(S(N)(=O)=O)cc1)Nc1cccc2c1CCCC2. The van der Waals surface area contributed by atoms with Crippen molar-refractivity contribution in [2.45, 2.75) is 37.1 Å². The number of guanidine groups is 1. The Morgan fingerprint density at radius 3 is 2.52 bits per heavy atom. The Morgan fingerprint density at radius 1 is 1.08 bits per heavy atom. The standard InChI is InChI=1S/C18H22N4O2S/c19-18(21-12-13-8-10-15(11-9-13)25(20,23)24)22-17-7-3-5-14-4-1-2-6-16(14)17/h3,5,7-11H,1-2,4,6,12H2,(H3,19,21,22)(H2,20,23,24). The molecule has 0 unspecified atom stereocenters. The highest BCUT2D eigenvalue weighted by Crippen LogP contribution is 2.27. The van der Waals surface area contributed by atoms with Crippen LogP contribution in [0.3, 0.4) is 0 Å². The molecule has 25 heavy (non-hydrogen) atoms. The topological polar surface area (TPSA) is 111 Å². The summed E-state index contributed by atoms with van der Waals surface area (Å²) < 4.78 is 22.5. The normalized spacial score (nSPS) is 14.8. The van der Waals surface area contributed by atoms with Crippen LogP contribution in [0.15, 0.2) is 52.4 Å². The fraction of sp³-hybridized carbons (Fsp3) is 0.278. The van der Waals surface area contributed by atoms with E-state index in [1.807, 2.05) is 12.1 Å². The molecule has 132 valence electrons. The molecule has 0 aromatic heterocycles. The molecule has 0 amide bonds. The summed E-state index contributed by atoms with van der Waals surface area (Å²) in [5.74, 6) is 0.342. The summed E-state index contributed by atoms with van der Waals surface area (Å²) in [5, 5.41) is 8.27. The second-order valence-corrected chi connectivity index (χ2v) is 7.73. The van der Waals surface area contributed by atoms with Crippen molar-refractivity contribution in [1.82, 2.24) is 0 Å². The van der Waals surface area contributed by atoms with Gasteiger partial charge in [-0.15, -0.1) is 0 Å². The Balaban J connectivity index is 1.69. The molecule has 0 fully saturated rings. The van der Waals surface area contributed by atoms with Gasteiger partial charge in [-0.3, -0.25) is 0 Å². The molecule has 0 aliphatic heterocycles. The first-order chi connectivity index (χ1) is 11.9. The van der Waals surface area contributed by atoms with Crippen LogP contribution in [0.5, 0.6) is 0 Å². The highest BCUT2D eigenvalue weighted by atomic mass is 32.2. The van der Waals surface area contributed by atoms with Crippen molar-refractivity contribution in [1.29, 1.82) is 0 Å². The van der Waals surface area contributed by atoms with Gasteiger partial charge in [-0.25, -0.2) is 18.5 Å². The molecule has 7 heteroatoms. The van der Waals surface area contributed by atoms with Gasteiger partial charge in [-0.05, 0) is 60.6 Å². The lowest BCUT2D eigenvalue weighted by Crippen LogP contribution is -2.24. The van der Waals surface area contributed by atoms with E-state index < -0.39 is 10.0 Å². The van der Waals surface area contributed by atoms with Gasteiger partial charge in [0.2, 0.25) is 10.0 Å². The monoisotopic (exact) mass is 358 g/mol. The van der Waals surface area contributed by atoms with E-state index in [0.717, 1.165) is 24.1 Å². The molecule has 3 rings (SSSR count). The summed E-state index contributed by atoms with van der Waals surface area (Å²) in [6, 6.07) is 12.5. The number of nitrogens with zero attached hydrogens (tertiary/aromatic N) is 1. The molecule has 1 aliphatic rings. The highest BCUT2D eigenvalue weighted by molar-refractivity contribution is 7.89. The fourth-order valence-corrected chi connectivity index (χ4v) is 3.55. The molecule has 1 aliphatic carbocycles. The van der Waals surface area contributed by atoms with Crippen molar-refractivity contribution in [3.05, 3.63) is 59.2 Å². The van der Waals surface area contributed by atoms with E-state index in [9.17, 15) is 8.42 Å². The van der Waals surface area contributed by atoms with E-state index >= 15 is 0 Å². The Bertz CT molecular complexity index is 890. The van der Waals surface area contributed by atoms with Gasteiger partial charge in [0, 0.05) is 5.69 Å². The lowest BCUT2D eigenvalue weighted by Gasteiger charge is -2.19. The number of nitrogens with two attached hydrogens (primary N) is 2. The van der Waals surface area contributed by atoms with E-state index in [1.54, 1.807) is 12.1 Å². The van der Waals surface area contributed by atoms with Gasteiger partial charge in [0.15, 0.2) is 5.96 Å². The van der Waals surface area contributed by atoms with Gasteiger partial charge < -0.3 is 11.1 Å². The molecule has 5 N–H and O–H groups in total. The molecule has 0 spiro atoms. The van der Waals surface area contributed by atoms with Gasteiger partial charge in [0.25, 0.3) is 0 Å². The first-order valence-corrected chi connectivity index (χ1v) is 9.77. The van der Waals surface area contributed by atoms with Crippen LogP contribution in [0.2, 0.25) is 0 Å². The maximum Gasteiger partial charge on any atom is 0.238 e.